The average Bonchev–Trinajstić information content (AvgIpc) is 3.20. The van der Waals surface area contributed by atoms with E-state index in [4.69, 9.17) is 0 Å². The molecule has 0 spiro atoms. The summed E-state index contributed by atoms with van der Waals surface area (Å²) < 4.78 is 30.0. The lowest BCUT2D eigenvalue weighted by atomic mass is 10.1. The first-order chi connectivity index (χ1) is 17.3. The van der Waals surface area contributed by atoms with Crippen molar-refractivity contribution in [3.63, 3.8) is 0 Å². The molecule has 0 saturated heterocycles. The molecule has 0 aliphatic heterocycles. The maximum Gasteiger partial charge on any atom is 0.255 e. The molecule has 1 heterocycles. The van der Waals surface area contributed by atoms with E-state index >= 15 is 0 Å². The molecule has 4 rings (SSSR count). The highest BCUT2D eigenvalue weighted by molar-refractivity contribution is 6.06. The van der Waals surface area contributed by atoms with Crippen molar-refractivity contribution in [2.75, 3.05) is 18.4 Å². The Labute approximate surface area is 208 Å². The van der Waals surface area contributed by atoms with Gasteiger partial charge in [-0.3, -0.25) is 14.2 Å². The zero-order chi connectivity index (χ0) is 25.8. The Kier molecular flexibility index (Phi) is 7.43. The first-order valence-corrected chi connectivity index (χ1v) is 11.9. The largest absolute Gasteiger partial charge is 0.343 e. The van der Waals surface area contributed by atoms with Crippen LogP contribution in [0.1, 0.15) is 42.0 Å². The summed E-state index contributed by atoms with van der Waals surface area (Å²) >= 11 is 0. The van der Waals surface area contributed by atoms with Crippen molar-refractivity contribution in [3.8, 4) is 5.69 Å². The van der Waals surface area contributed by atoms with E-state index in [0.717, 1.165) is 5.69 Å². The minimum atomic E-state index is -0.565. The van der Waals surface area contributed by atoms with Crippen molar-refractivity contribution in [1.29, 1.82) is 0 Å². The van der Waals surface area contributed by atoms with E-state index in [2.05, 4.69) is 10.3 Å². The number of carbonyl (C=O) groups is 2. The standard InChI is InChI=1S/C28H28F2N4O2/c1-4-33(5-2)27(35)15-7-19-6-13-24(23(30)16-19)32-28(36)20-8-14-25-26(17-20)34(18(3)31-25)22-11-9-21(29)10-12-22/h6,8-14,16-17H,4-5,7,15H2,1-3H3,(H,32,36). The quantitative estimate of drug-likeness (QED) is 0.346. The maximum atomic E-state index is 14.8. The van der Waals surface area contributed by atoms with Crippen molar-refractivity contribution < 1.29 is 18.4 Å². The van der Waals surface area contributed by atoms with E-state index in [1.807, 2.05) is 25.3 Å². The molecule has 36 heavy (non-hydrogen) atoms. The summed E-state index contributed by atoms with van der Waals surface area (Å²) in [7, 11) is 0. The summed E-state index contributed by atoms with van der Waals surface area (Å²) in [6.45, 7) is 6.97. The van der Waals surface area contributed by atoms with Crippen molar-refractivity contribution in [3.05, 3.63) is 89.2 Å². The summed E-state index contributed by atoms with van der Waals surface area (Å²) in [4.78, 5) is 31.4. The van der Waals surface area contributed by atoms with Crippen molar-refractivity contribution in [1.82, 2.24) is 14.5 Å². The van der Waals surface area contributed by atoms with Crippen LogP contribution in [-0.2, 0) is 11.2 Å². The van der Waals surface area contributed by atoms with Crippen LogP contribution in [0.2, 0.25) is 0 Å². The first-order valence-electron chi connectivity index (χ1n) is 11.9. The molecular weight excluding hydrogens is 462 g/mol. The molecule has 2 amide bonds. The van der Waals surface area contributed by atoms with Gasteiger partial charge >= 0.3 is 0 Å². The van der Waals surface area contributed by atoms with Crippen LogP contribution in [0.4, 0.5) is 14.5 Å². The molecule has 186 valence electrons. The molecule has 8 heteroatoms. The van der Waals surface area contributed by atoms with Crippen LogP contribution in [-0.4, -0.2) is 39.4 Å². The summed E-state index contributed by atoms with van der Waals surface area (Å²) in [6, 6.07) is 15.6. The maximum absolute atomic E-state index is 14.8. The topological polar surface area (TPSA) is 67.2 Å². The molecule has 6 nitrogen and oxygen atoms in total. The fraction of sp³-hybridized carbons (Fsp3) is 0.250. The number of halogens is 2. The summed E-state index contributed by atoms with van der Waals surface area (Å²) in [5.41, 5.74) is 3.16. The molecular formula is C28H28F2N4O2. The molecule has 0 aliphatic carbocycles. The second kappa shape index (κ2) is 10.7. The van der Waals surface area contributed by atoms with E-state index in [-0.39, 0.29) is 17.4 Å². The SMILES string of the molecule is CCN(CC)C(=O)CCc1ccc(NC(=O)c2ccc3nc(C)n(-c4ccc(F)cc4)c3c2)c(F)c1. The zero-order valence-electron chi connectivity index (χ0n) is 20.5. The Balaban J connectivity index is 1.51. The van der Waals surface area contributed by atoms with Crippen LogP contribution >= 0.6 is 0 Å². The Morgan fingerprint density at radius 1 is 0.972 bits per heavy atom. The van der Waals surface area contributed by atoms with Crippen molar-refractivity contribution in [2.45, 2.75) is 33.6 Å². The lowest BCUT2D eigenvalue weighted by Gasteiger charge is -2.18. The molecule has 1 N–H and O–H groups in total. The second-order valence-corrected chi connectivity index (χ2v) is 8.51. The Morgan fingerprint density at radius 3 is 2.36 bits per heavy atom. The first kappa shape index (κ1) is 25.0. The molecule has 0 unspecified atom stereocenters. The Hall–Kier alpha value is -4.07. The van der Waals surface area contributed by atoms with Gasteiger partial charge in [-0.25, -0.2) is 13.8 Å². The van der Waals surface area contributed by atoms with Gasteiger partial charge in [-0.15, -0.1) is 0 Å². The number of hydrogen-bond donors (Lipinski definition) is 1. The fourth-order valence-corrected chi connectivity index (χ4v) is 4.25. The molecule has 3 aromatic carbocycles. The lowest BCUT2D eigenvalue weighted by molar-refractivity contribution is -0.130. The summed E-state index contributed by atoms with van der Waals surface area (Å²) in [6.07, 6.45) is 0.720. The van der Waals surface area contributed by atoms with Gasteiger partial charge in [-0.05, 0) is 87.4 Å². The number of carbonyl (C=O) groups excluding carboxylic acids is 2. The van der Waals surface area contributed by atoms with Crippen LogP contribution in [0.3, 0.4) is 0 Å². The third kappa shape index (κ3) is 5.27. The van der Waals surface area contributed by atoms with Gasteiger partial charge in [-0.1, -0.05) is 6.07 Å². The number of imidazole rings is 1. The lowest BCUT2D eigenvalue weighted by Crippen LogP contribution is -2.30. The van der Waals surface area contributed by atoms with Gasteiger partial charge in [-0.2, -0.15) is 0 Å². The van der Waals surface area contributed by atoms with Gasteiger partial charge in [0.25, 0.3) is 5.91 Å². The van der Waals surface area contributed by atoms with Gasteiger partial charge in [0, 0.05) is 30.8 Å². The van der Waals surface area contributed by atoms with Crippen molar-refractivity contribution in [2.24, 2.45) is 0 Å². The molecule has 0 aliphatic rings. The van der Waals surface area contributed by atoms with Crippen LogP contribution < -0.4 is 5.32 Å². The Bertz CT molecular complexity index is 1410. The molecule has 0 bridgehead atoms. The number of fused-ring (bicyclic) bond motifs is 1. The molecule has 4 aromatic rings. The number of amides is 2. The minimum absolute atomic E-state index is 0.0308. The number of anilines is 1. The van der Waals surface area contributed by atoms with Gasteiger partial charge in [0.1, 0.15) is 17.5 Å². The predicted octanol–water partition coefficient (Wildman–Crippen LogP) is 5.67. The normalized spacial score (nSPS) is 11.0. The monoisotopic (exact) mass is 490 g/mol. The number of nitrogens with one attached hydrogen (secondary N) is 1. The number of hydrogen-bond acceptors (Lipinski definition) is 3. The van der Waals surface area contributed by atoms with E-state index in [1.54, 1.807) is 41.3 Å². The van der Waals surface area contributed by atoms with E-state index in [0.29, 0.717) is 53.9 Å². The van der Waals surface area contributed by atoms with E-state index in [1.165, 1.54) is 24.3 Å². The highest BCUT2D eigenvalue weighted by Gasteiger charge is 2.15. The van der Waals surface area contributed by atoms with Crippen LogP contribution in [0, 0.1) is 18.6 Å². The summed E-state index contributed by atoms with van der Waals surface area (Å²) in [5, 5.41) is 2.62. The average molecular weight is 491 g/mol. The van der Waals surface area contributed by atoms with E-state index in [9.17, 15) is 18.4 Å². The second-order valence-electron chi connectivity index (χ2n) is 8.51. The number of rotatable bonds is 8. The highest BCUT2D eigenvalue weighted by Crippen LogP contribution is 2.24. The van der Waals surface area contributed by atoms with Crippen LogP contribution in [0.5, 0.6) is 0 Å². The fourth-order valence-electron chi connectivity index (χ4n) is 4.25. The van der Waals surface area contributed by atoms with Gasteiger partial charge in [0.15, 0.2) is 0 Å². The highest BCUT2D eigenvalue weighted by atomic mass is 19.1. The zero-order valence-corrected chi connectivity index (χ0v) is 20.5. The summed E-state index contributed by atoms with van der Waals surface area (Å²) in [5.74, 6) is -0.655. The number of benzene rings is 3. The molecule has 0 radical (unpaired) electrons. The van der Waals surface area contributed by atoms with Crippen molar-refractivity contribution >= 4 is 28.5 Å². The number of aryl methyl sites for hydroxylation is 2. The molecule has 0 fully saturated rings. The van der Waals surface area contributed by atoms with Crippen LogP contribution in [0.15, 0.2) is 60.7 Å². The smallest absolute Gasteiger partial charge is 0.255 e. The minimum Gasteiger partial charge on any atom is -0.343 e. The molecule has 0 atom stereocenters. The Morgan fingerprint density at radius 2 is 1.69 bits per heavy atom. The molecule has 1 aromatic heterocycles. The van der Waals surface area contributed by atoms with Gasteiger partial charge in [0.05, 0.1) is 16.7 Å². The number of nitrogens with zero attached hydrogens (tertiary/aromatic N) is 3. The van der Waals surface area contributed by atoms with Gasteiger partial charge < -0.3 is 10.2 Å². The number of aromatic nitrogens is 2. The van der Waals surface area contributed by atoms with E-state index < -0.39 is 11.7 Å². The third-order valence-corrected chi connectivity index (χ3v) is 6.19. The van der Waals surface area contributed by atoms with Gasteiger partial charge in [0.2, 0.25) is 5.91 Å². The van der Waals surface area contributed by atoms with Crippen LogP contribution in [0.25, 0.3) is 16.7 Å². The predicted molar refractivity (Wildman–Crippen MR) is 136 cm³/mol. The molecule has 0 saturated carbocycles. The third-order valence-electron chi connectivity index (χ3n) is 6.19.